The molecule has 0 spiro atoms. The van der Waals surface area contributed by atoms with Gasteiger partial charge >= 0.3 is 0 Å². The van der Waals surface area contributed by atoms with E-state index in [2.05, 4.69) is 5.32 Å². The summed E-state index contributed by atoms with van der Waals surface area (Å²) >= 11 is 0. The second-order valence-electron chi connectivity index (χ2n) is 2.95. The van der Waals surface area contributed by atoms with Gasteiger partial charge in [-0.05, 0) is 24.2 Å². The van der Waals surface area contributed by atoms with Crippen molar-refractivity contribution in [2.24, 2.45) is 5.73 Å². The van der Waals surface area contributed by atoms with Crippen LogP contribution in [0.2, 0.25) is 0 Å². The van der Waals surface area contributed by atoms with Crippen LogP contribution in [0.15, 0.2) is 18.2 Å². The second kappa shape index (κ2) is 4.84. The average molecular weight is 180 g/mol. The van der Waals surface area contributed by atoms with E-state index in [4.69, 9.17) is 5.73 Å². The van der Waals surface area contributed by atoms with Crippen molar-refractivity contribution in [3.63, 3.8) is 0 Å². The number of aromatic hydroxyl groups is 1. The van der Waals surface area contributed by atoms with E-state index in [0.717, 1.165) is 17.7 Å². The number of phenolic OH excluding ortho intramolecular Hbond substituents is 1. The predicted molar refractivity (Wildman–Crippen MR) is 53.4 cm³/mol. The van der Waals surface area contributed by atoms with Crippen molar-refractivity contribution in [2.75, 3.05) is 6.54 Å². The molecule has 0 amide bonds. The van der Waals surface area contributed by atoms with Crippen LogP contribution in [0.4, 0.5) is 0 Å². The lowest BCUT2D eigenvalue weighted by molar-refractivity contribution is 0.465. The van der Waals surface area contributed by atoms with Gasteiger partial charge in [0.2, 0.25) is 0 Å². The van der Waals surface area contributed by atoms with E-state index >= 15 is 0 Å². The fraction of sp³-hybridized carbons (Fsp3) is 0.400. The predicted octanol–water partition coefficient (Wildman–Crippen LogP) is 0.960. The lowest BCUT2D eigenvalue weighted by atomic mass is 10.1. The number of hydrogen-bond donors (Lipinski definition) is 3. The highest BCUT2D eigenvalue weighted by Crippen LogP contribution is 2.17. The normalized spacial score (nSPS) is 10.3. The topological polar surface area (TPSA) is 58.3 Å². The molecule has 0 fully saturated rings. The molecule has 0 saturated carbocycles. The highest BCUT2D eigenvalue weighted by atomic mass is 16.3. The first-order valence-electron chi connectivity index (χ1n) is 4.49. The van der Waals surface area contributed by atoms with Crippen LogP contribution < -0.4 is 11.1 Å². The van der Waals surface area contributed by atoms with Gasteiger partial charge in [0.15, 0.2) is 0 Å². The van der Waals surface area contributed by atoms with E-state index in [0.29, 0.717) is 18.8 Å². The van der Waals surface area contributed by atoms with E-state index in [1.54, 1.807) is 6.07 Å². The third-order valence-electron chi connectivity index (χ3n) is 1.95. The minimum atomic E-state index is 0.332. The third kappa shape index (κ3) is 2.72. The van der Waals surface area contributed by atoms with Gasteiger partial charge in [-0.1, -0.05) is 13.0 Å². The molecule has 0 aliphatic heterocycles. The van der Waals surface area contributed by atoms with Gasteiger partial charge in [-0.2, -0.15) is 0 Å². The third-order valence-corrected chi connectivity index (χ3v) is 1.95. The van der Waals surface area contributed by atoms with Crippen molar-refractivity contribution in [2.45, 2.75) is 20.0 Å². The molecule has 0 unspecified atom stereocenters. The Bertz CT molecular complexity index is 274. The Labute approximate surface area is 78.6 Å². The Hall–Kier alpha value is -1.06. The summed E-state index contributed by atoms with van der Waals surface area (Å²) in [5.74, 6) is 0.332. The van der Waals surface area contributed by atoms with Gasteiger partial charge in [0, 0.05) is 18.7 Å². The molecule has 0 aliphatic rings. The largest absolute Gasteiger partial charge is 0.508 e. The van der Waals surface area contributed by atoms with E-state index in [1.807, 2.05) is 19.1 Å². The Morgan fingerprint density at radius 2 is 2.23 bits per heavy atom. The summed E-state index contributed by atoms with van der Waals surface area (Å²) in [7, 11) is 0. The highest BCUT2D eigenvalue weighted by molar-refractivity contribution is 5.35. The molecule has 0 heterocycles. The Kier molecular flexibility index (Phi) is 3.73. The lowest BCUT2D eigenvalue weighted by Gasteiger charge is -2.06. The number of phenols is 1. The summed E-state index contributed by atoms with van der Waals surface area (Å²) < 4.78 is 0. The summed E-state index contributed by atoms with van der Waals surface area (Å²) in [5.41, 5.74) is 7.45. The monoisotopic (exact) mass is 180 g/mol. The van der Waals surface area contributed by atoms with Crippen LogP contribution in [-0.2, 0) is 13.1 Å². The first-order valence-corrected chi connectivity index (χ1v) is 4.49. The molecule has 1 aromatic rings. The fourth-order valence-corrected chi connectivity index (χ4v) is 1.17. The van der Waals surface area contributed by atoms with Crippen LogP contribution in [0.25, 0.3) is 0 Å². The average Bonchev–Trinajstić information content (AvgIpc) is 2.17. The molecule has 1 rings (SSSR count). The van der Waals surface area contributed by atoms with Crippen molar-refractivity contribution in [3.8, 4) is 5.75 Å². The molecule has 4 N–H and O–H groups in total. The van der Waals surface area contributed by atoms with E-state index in [1.165, 1.54) is 0 Å². The molecule has 13 heavy (non-hydrogen) atoms. The zero-order valence-electron chi connectivity index (χ0n) is 7.88. The summed E-state index contributed by atoms with van der Waals surface area (Å²) in [5, 5.41) is 12.6. The molecule has 3 nitrogen and oxygen atoms in total. The van der Waals surface area contributed by atoms with Crippen LogP contribution in [0.1, 0.15) is 18.1 Å². The molecule has 0 aliphatic carbocycles. The zero-order valence-corrected chi connectivity index (χ0v) is 7.88. The van der Waals surface area contributed by atoms with Crippen molar-refractivity contribution in [1.29, 1.82) is 0 Å². The number of nitrogens with one attached hydrogen (secondary N) is 1. The van der Waals surface area contributed by atoms with Gasteiger partial charge in [-0.15, -0.1) is 0 Å². The SMILES string of the molecule is CCNCc1cc(CN)ccc1O. The van der Waals surface area contributed by atoms with Crippen LogP contribution in [-0.4, -0.2) is 11.7 Å². The van der Waals surface area contributed by atoms with Gasteiger partial charge in [0.25, 0.3) is 0 Å². The van der Waals surface area contributed by atoms with Crippen LogP contribution >= 0.6 is 0 Å². The molecular weight excluding hydrogens is 164 g/mol. The number of hydrogen-bond acceptors (Lipinski definition) is 3. The summed E-state index contributed by atoms with van der Waals surface area (Å²) in [4.78, 5) is 0. The smallest absolute Gasteiger partial charge is 0.120 e. The summed E-state index contributed by atoms with van der Waals surface area (Å²) in [6.45, 7) is 4.13. The van der Waals surface area contributed by atoms with Crippen LogP contribution in [0.3, 0.4) is 0 Å². The first-order chi connectivity index (χ1) is 6.27. The van der Waals surface area contributed by atoms with Gasteiger partial charge in [0.1, 0.15) is 5.75 Å². The van der Waals surface area contributed by atoms with Gasteiger partial charge in [-0.25, -0.2) is 0 Å². The Morgan fingerprint density at radius 1 is 1.46 bits per heavy atom. The molecule has 72 valence electrons. The zero-order chi connectivity index (χ0) is 9.68. The molecule has 0 saturated heterocycles. The maximum absolute atomic E-state index is 9.48. The second-order valence-corrected chi connectivity index (χ2v) is 2.95. The molecule has 0 bridgehead atoms. The van der Waals surface area contributed by atoms with E-state index in [-0.39, 0.29) is 0 Å². The number of nitrogens with two attached hydrogens (primary N) is 1. The summed E-state index contributed by atoms with van der Waals surface area (Å²) in [6.07, 6.45) is 0. The minimum absolute atomic E-state index is 0.332. The van der Waals surface area contributed by atoms with Crippen LogP contribution in [0.5, 0.6) is 5.75 Å². The van der Waals surface area contributed by atoms with Crippen molar-refractivity contribution >= 4 is 0 Å². The van der Waals surface area contributed by atoms with Gasteiger partial charge < -0.3 is 16.2 Å². The summed E-state index contributed by atoms with van der Waals surface area (Å²) in [6, 6.07) is 5.46. The fourth-order valence-electron chi connectivity index (χ4n) is 1.17. The van der Waals surface area contributed by atoms with Crippen LogP contribution in [0, 0.1) is 0 Å². The lowest BCUT2D eigenvalue weighted by Crippen LogP contribution is -2.12. The Morgan fingerprint density at radius 3 is 2.85 bits per heavy atom. The van der Waals surface area contributed by atoms with E-state index in [9.17, 15) is 5.11 Å². The molecule has 0 aromatic heterocycles. The van der Waals surface area contributed by atoms with Gasteiger partial charge in [0.05, 0.1) is 0 Å². The molecule has 0 radical (unpaired) electrons. The molecule has 1 aromatic carbocycles. The quantitative estimate of drug-likeness (QED) is 0.647. The van der Waals surface area contributed by atoms with Crippen molar-refractivity contribution in [1.82, 2.24) is 5.32 Å². The van der Waals surface area contributed by atoms with Gasteiger partial charge in [-0.3, -0.25) is 0 Å². The number of rotatable bonds is 4. The van der Waals surface area contributed by atoms with Crippen molar-refractivity contribution in [3.05, 3.63) is 29.3 Å². The highest BCUT2D eigenvalue weighted by Gasteiger charge is 2.00. The van der Waals surface area contributed by atoms with E-state index < -0.39 is 0 Å². The molecule has 3 heteroatoms. The van der Waals surface area contributed by atoms with Crippen molar-refractivity contribution < 1.29 is 5.11 Å². The Balaban J connectivity index is 2.78. The first kappa shape index (κ1) is 10.0. The standard InChI is InChI=1S/C10H16N2O/c1-2-12-7-9-5-8(6-11)3-4-10(9)13/h3-5,12-13H,2,6-7,11H2,1H3. The molecular formula is C10H16N2O. The maximum atomic E-state index is 9.48. The minimum Gasteiger partial charge on any atom is -0.508 e. The maximum Gasteiger partial charge on any atom is 0.120 e. The molecule has 0 atom stereocenters. The number of benzene rings is 1.